The number of hydrogen-bond acceptors (Lipinski definition) is 3. The highest BCUT2D eigenvalue weighted by atomic mass is 35.5. The molecule has 2 aromatic rings. The molecule has 1 saturated heterocycles. The minimum Gasteiger partial charge on any atom is -0.481 e. The number of likely N-dealkylation sites (tertiary alicyclic amines) is 1. The van der Waals surface area contributed by atoms with Crippen molar-refractivity contribution in [1.82, 2.24) is 9.88 Å². The number of carbonyl (C=O) groups excluding carboxylic acids is 1. The molecule has 1 aliphatic rings. The normalized spacial score (nSPS) is 15.2. The van der Waals surface area contributed by atoms with Crippen molar-refractivity contribution in [3.63, 3.8) is 0 Å². The molecule has 3 rings (SSSR count). The third-order valence-corrected chi connectivity index (χ3v) is 3.72. The van der Waals surface area contributed by atoms with E-state index in [9.17, 15) is 9.59 Å². The van der Waals surface area contributed by atoms with Gasteiger partial charge in [0.15, 0.2) is 0 Å². The molecular weight excluding hydrogens is 280 g/mol. The van der Waals surface area contributed by atoms with Gasteiger partial charge < -0.3 is 10.0 Å². The van der Waals surface area contributed by atoms with Crippen LogP contribution in [-0.4, -0.2) is 40.0 Å². The number of carboxylic acids is 1. The summed E-state index contributed by atoms with van der Waals surface area (Å²) < 4.78 is 0. The first-order chi connectivity index (χ1) is 9.56. The lowest BCUT2D eigenvalue weighted by Crippen LogP contribution is -2.53. The third kappa shape index (κ3) is 2.10. The van der Waals surface area contributed by atoms with Crippen LogP contribution in [0, 0.1) is 5.92 Å². The molecule has 0 radical (unpaired) electrons. The monoisotopic (exact) mass is 290 g/mol. The average Bonchev–Trinajstić information content (AvgIpc) is 2.36. The quantitative estimate of drug-likeness (QED) is 0.859. The summed E-state index contributed by atoms with van der Waals surface area (Å²) in [5, 5.41) is 10.7. The number of aliphatic carboxylic acids is 1. The standard InChI is InChI=1S/C14H11ClN2O3/c15-12-10-4-2-1-3-8(10)5-11(16-12)13(18)17-6-9(7-17)14(19)20/h1-5,9H,6-7H2,(H,19,20). The van der Waals surface area contributed by atoms with Gasteiger partial charge >= 0.3 is 5.97 Å². The smallest absolute Gasteiger partial charge is 0.310 e. The zero-order valence-electron chi connectivity index (χ0n) is 10.4. The number of fused-ring (bicyclic) bond motifs is 1. The number of halogens is 1. The summed E-state index contributed by atoms with van der Waals surface area (Å²) in [5.41, 5.74) is 0.248. The van der Waals surface area contributed by atoms with Gasteiger partial charge in [-0.3, -0.25) is 9.59 Å². The van der Waals surface area contributed by atoms with Gasteiger partial charge in [0.05, 0.1) is 5.92 Å². The van der Waals surface area contributed by atoms with Gasteiger partial charge in [0.2, 0.25) is 0 Å². The molecule has 0 atom stereocenters. The summed E-state index contributed by atoms with van der Waals surface area (Å²) in [6.45, 7) is 0.445. The lowest BCUT2D eigenvalue weighted by molar-refractivity contribution is -0.146. The fourth-order valence-corrected chi connectivity index (χ4v) is 2.49. The van der Waals surface area contributed by atoms with Crippen molar-refractivity contribution in [2.24, 2.45) is 5.92 Å². The Morgan fingerprint density at radius 3 is 2.70 bits per heavy atom. The summed E-state index contributed by atoms with van der Waals surface area (Å²) >= 11 is 6.08. The molecule has 0 bridgehead atoms. The van der Waals surface area contributed by atoms with Crippen LogP contribution in [0.25, 0.3) is 10.8 Å². The van der Waals surface area contributed by atoms with Gasteiger partial charge in [-0.05, 0) is 11.5 Å². The SMILES string of the molecule is O=C(O)C1CN(C(=O)c2cc3ccccc3c(Cl)n2)C1. The number of amides is 1. The van der Waals surface area contributed by atoms with E-state index < -0.39 is 11.9 Å². The number of carbonyl (C=O) groups is 2. The number of rotatable bonds is 2. The van der Waals surface area contributed by atoms with E-state index in [1.54, 1.807) is 6.07 Å². The van der Waals surface area contributed by atoms with Crippen LogP contribution < -0.4 is 0 Å². The molecule has 2 heterocycles. The highest BCUT2D eigenvalue weighted by Gasteiger charge is 2.36. The van der Waals surface area contributed by atoms with Crippen LogP contribution in [0.2, 0.25) is 5.15 Å². The lowest BCUT2D eigenvalue weighted by Gasteiger charge is -2.36. The van der Waals surface area contributed by atoms with Gasteiger partial charge in [-0.2, -0.15) is 0 Å². The van der Waals surface area contributed by atoms with Crippen molar-refractivity contribution in [3.05, 3.63) is 41.2 Å². The Kier molecular flexibility index (Phi) is 3.06. The predicted molar refractivity (Wildman–Crippen MR) is 73.8 cm³/mol. The maximum Gasteiger partial charge on any atom is 0.310 e. The Labute approximate surface area is 119 Å². The molecule has 1 aromatic heterocycles. The number of hydrogen-bond donors (Lipinski definition) is 1. The number of nitrogens with zero attached hydrogens (tertiary/aromatic N) is 2. The first-order valence-corrected chi connectivity index (χ1v) is 6.51. The molecule has 1 amide bonds. The second kappa shape index (κ2) is 4.76. The predicted octanol–water partition coefficient (Wildman–Crippen LogP) is 2.04. The molecule has 1 N–H and O–H groups in total. The van der Waals surface area contributed by atoms with Crippen LogP contribution in [0.15, 0.2) is 30.3 Å². The van der Waals surface area contributed by atoms with E-state index >= 15 is 0 Å². The lowest BCUT2D eigenvalue weighted by atomic mass is 10.00. The average molecular weight is 291 g/mol. The van der Waals surface area contributed by atoms with Crippen molar-refractivity contribution < 1.29 is 14.7 Å². The van der Waals surface area contributed by atoms with E-state index in [1.807, 2.05) is 24.3 Å². The van der Waals surface area contributed by atoms with Crippen molar-refractivity contribution in [2.45, 2.75) is 0 Å². The molecule has 0 spiro atoms. The molecule has 0 saturated carbocycles. The van der Waals surface area contributed by atoms with Gasteiger partial charge in [-0.1, -0.05) is 35.9 Å². The Morgan fingerprint density at radius 1 is 1.30 bits per heavy atom. The van der Waals surface area contributed by atoms with Gasteiger partial charge in [-0.25, -0.2) is 4.98 Å². The largest absolute Gasteiger partial charge is 0.481 e. The topological polar surface area (TPSA) is 70.5 Å². The number of carboxylic acid groups (broad SMARTS) is 1. The van der Waals surface area contributed by atoms with E-state index in [1.165, 1.54) is 4.90 Å². The summed E-state index contributed by atoms with van der Waals surface area (Å²) in [4.78, 5) is 28.5. The van der Waals surface area contributed by atoms with Crippen molar-refractivity contribution >= 4 is 34.2 Å². The summed E-state index contributed by atoms with van der Waals surface area (Å²) in [7, 11) is 0. The minimum atomic E-state index is -0.876. The van der Waals surface area contributed by atoms with Gasteiger partial charge in [0.1, 0.15) is 10.8 Å². The summed E-state index contributed by atoms with van der Waals surface area (Å²) in [6.07, 6.45) is 0. The highest BCUT2D eigenvalue weighted by Crippen LogP contribution is 2.24. The van der Waals surface area contributed by atoms with Crippen LogP contribution in [0.1, 0.15) is 10.5 Å². The molecule has 0 unspecified atom stereocenters. The minimum absolute atomic E-state index is 0.223. The van der Waals surface area contributed by atoms with Crippen LogP contribution in [0.4, 0.5) is 0 Å². The summed E-state index contributed by atoms with van der Waals surface area (Å²) in [5.74, 6) is -1.64. The Hall–Kier alpha value is -2.14. The molecule has 1 aromatic carbocycles. The van der Waals surface area contributed by atoms with Crippen molar-refractivity contribution in [3.8, 4) is 0 Å². The molecule has 5 nitrogen and oxygen atoms in total. The van der Waals surface area contributed by atoms with E-state index in [2.05, 4.69) is 4.98 Å². The Bertz CT molecular complexity index is 711. The van der Waals surface area contributed by atoms with Gasteiger partial charge in [0.25, 0.3) is 5.91 Å². The van der Waals surface area contributed by atoms with E-state index in [4.69, 9.17) is 16.7 Å². The second-order valence-corrected chi connectivity index (χ2v) is 5.12. The molecule has 1 fully saturated rings. The Morgan fingerprint density at radius 2 is 2.00 bits per heavy atom. The third-order valence-electron chi connectivity index (χ3n) is 3.43. The molecule has 0 aliphatic carbocycles. The number of benzene rings is 1. The van der Waals surface area contributed by atoms with E-state index in [-0.39, 0.29) is 29.8 Å². The van der Waals surface area contributed by atoms with Crippen LogP contribution in [-0.2, 0) is 4.79 Å². The van der Waals surface area contributed by atoms with Crippen LogP contribution in [0.3, 0.4) is 0 Å². The highest BCUT2D eigenvalue weighted by molar-refractivity contribution is 6.34. The Balaban J connectivity index is 1.88. The first-order valence-electron chi connectivity index (χ1n) is 6.13. The van der Waals surface area contributed by atoms with Gasteiger partial charge in [-0.15, -0.1) is 0 Å². The van der Waals surface area contributed by atoms with Crippen LogP contribution in [0.5, 0.6) is 0 Å². The number of pyridine rings is 1. The zero-order chi connectivity index (χ0) is 14.3. The molecule has 102 valence electrons. The molecule has 20 heavy (non-hydrogen) atoms. The van der Waals surface area contributed by atoms with Gasteiger partial charge in [0, 0.05) is 18.5 Å². The molecule has 6 heteroatoms. The van der Waals surface area contributed by atoms with Crippen molar-refractivity contribution in [1.29, 1.82) is 0 Å². The maximum absolute atomic E-state index is 12.2. The molecular formula is C14H11ClN2O3. The van der Waals surface area contributed by atoms with Crippen molar-refractivity contribution in [2.75, 3.05) is 13.1 Å². The maximum atomic E-state index is 12.2. The molecule has 1 aliphatic heterocycles. The van der Waals surface area contributed by atoms with E-state index in [0.717, 1.165) is 10.8 Å². The van der Waals surface area contributed by atoms with Crippen LogP contribution >= 0.6 is 11.6 Å². The second-order valence-electron chi connectivity index (χ2n) is 4.76. The fourth-order valence-electron chi connectivity index (χ4n) is 2.23. The van der Waals surface area contributed by atoms with E-state index in [0.29, 0.717) is 0 Å². The first kappa shape index (κ1) is 12.9. The number of aromatic nitrogens is 1. The zero-order valence-corrected chi connectivity index (χ0v) is 11.2. The summed E-state index contributed by atoms with van der Waals surface area (Å²) in [6, 6.07) is 9.08. The fraction of sp³-hybridized carbons (Fsp3) is 0.214.